The first-order valence-electron chi connectivity index (χ1n) is 18.2. The summed E-state index contributed by atoms with van der Waals surface area (Å²) in [6.07, 6.45) is 22.3. The molecule has 3 rings (SSSR count). The molecule has 0 bridgehead atoms. The maximum Gasteiger partial charge on any atom is 0.331 e. The molecule has 260 valence electrons. The molecule has 0 spiro atoms. The van der Waals surface area contributed by atoms with E-state index < -0.39 is 11.9 Å². The Kier molecular flexibility index (Phi) is 17.9. The van der Waals surface area contributed by atoms with Gasteiger partial charge in [0.05, 0.1) is 5.56 Å². The molecule has 0 radical (unpaired) electrons. The fourth-order valence-corrected chi connectivity index (χ4v) is 6.05. The molecule has 48 heavy (non-hydrogen) atoms. The van der Waals surface area contributed by atoms with E-state index in [1.165, 1.54) is 89.5 Å². The fourth-order valence-electron chi connectivity index (χ4n) is 6.05. The first-order valence-corrected chi connectivity index (χ1v) is 18.2. The number of nitrogens with one attached hydrogen (secondary N) is 2. The summed E-state index contributed by atoms with van der Waals surface area (Å²) in [4.78, 5) is 37.0. The van der Waals surface area contributed by atoms with Crippen LogP contribution < -0.4 is 10.6 Å². The Bertz CT molecular complexity index is 1450. The summed E-state index contributed by atoms with van der Waals surface area (Å²) in [6, 6.07) is 18.0. The summed E-state index contributed by atoms with van der Waals surface area (Å²) in [6.45, 7) is 2.64. The Morgan fingerprint density at radius 1 is 0.688 bits per heavy atom. The minimum absolute atomic E-state index is 0.0316. The van der Waals surface area contributed by atoms with Crippen LogP contribution in [-0.2, 0) is 16.0 Å². The molecule has 0 aliphatic carbocycles. The van der Waals surface area contributed by atoms with Crippen molar-refractivity contribution in [2.75, 3.05) is 11.9 Å². The van der Waals surface area contributed by atoms with Crippen molar-refractivity contribution < 1.29 is 24.6 Å². The SMILES string of the molecule is CCCCCCCCCCCCCCCCCC/C(=C/C(=O)Nc1ccc(CCNC(=O)c2ccc3ccccc3c2O)cc1)C(=O)O. The van der Waals surface area contributed by atoms with Gasteiger partial charge in [-0.1, -0.05) is 146 Å². The Labute approximate surface area is 287 Å². The number of anilines is 1. The van der Waals surface area contributed by atoms with Crippen molar-refractivity contribution in [3.05, 3.63) is 83.4 Å². The number of benzene rings is 3. The lowest BCUT2D eigenvalue weighted by molar-refractivity contribution is -0.133. The number of hydrogen-bond donors (Lipinski definition) is 4. The molecule has 3 aromatic rings. The molecule has 0 aliphatic heterocycles. The smallest absolute Gasteiger partial charge is 0.331 e. The average Bonchev–Trinajstić information content (AvgIpc) is 3.08. The molecular weight excluding hydrogens is 600 g/mol. The van der Waals surface area contributed by atoms with Crippen LogP contribution >= 0.6 is 0 Å². The zero-order chi connectivity index (χ0) is 34.4. The molecule has 0 unspecified atom stereocenters. The van der Waals surface area contributed by atoms with E-state index in [0.717, 1.165) is 30.2 Å². The number of aromatic hydroxyl groups is 1. The third kappa shape index (κ3) is 14.3. The van der Waals surface area contributed by atoms with Crippen LogP contribution in [0.3, 0.4) is 0 Å². The van der Waals surface area contributed by atoms with Gasteiger partial charge in [0.2, 0.25) is 5.91 Å². The van der Waals surface area contributed by atoms with Crippen LogP contribution in [0.15, 0.2) is 72.3 Å². The number of carboxylic acids is 1. The van der Waals surface area contributed by atoms with Crippen LogP contribution in [0.25, 0.3) is 10.8 Å². The predicted octanol–water partition coefficient (Wildman–Crippen LogP) is 10.1. The van der Waals surface area contributed by atoms with Gasteiger partial charge >= 0.3 is 5.97 Å². The number of fused-ring (bicyclic) bond motifs is 1. The molecule has 7 nitrogen and oxygen atoms in total. The summed E-state index contributed by atoms with van der Waals surface area (Å²) in [5, 5.41) is 27.2. The van der Waals surface area contributed by atoms with E-state index in [9.17, 15) is 24.6 Å². The Morgan fingerprint density at radius 3 is 1.83 bits per heavy atom. The summed E-state index contributed by atoms with van der Waals surface area (Å²) < 4.78 is 0. The molecular formula is C41H56N2O5. The third-order valence-corrected chi connectivity index (χ3v) is 8.95. The van der Waals surface area contributed by atoms with Gasteiger partial charge in [0.25, 0.3) is 5.91 Å². The molecule has 0 aromatic heterocycles. The van der Waals surface area contributed by atoms with E-state index in [1.54, 1.807) is 24.3 Å². The molecule has 3 aromatic carbocycles. The maximum absolute atomic E-state index is 12.7. The number of carbonyl (C=O) groups is 3. The molecule has 0 heterocycles. The Hall–Kier alpha value is -4.13. The number of phenolic OH excluding ortho intramolecular Hbond substituents is 1. The van der Waals surface area contributed by atoms with Crippen molar-refractivity contribution in [3.63, 3.8) is 0 Å². The van der Waals surface area contributed by atoms with Crippen molar-refractivity contribution in [2.45, 2.75) is 122 Å². The maximum atomic E-state index is 12.7. The summed E-state index contributed by atoms with van der Waals surface area (Å²) in [5.74, 6) is -1.89. The van der Waals surface area contributed by atoms with Gasteiger partial charge in [-0.15, -0.1) is 0 Å². The second kappa shape index (κ2) is 22.4. The number of amides is 2. The lowest BCUT2D eigenvalue weighted by Crippen LogP contribution is -2.25. The van der Waals surface area contributed by atoms with E-state index in [2.05, 4.69) is 17.6 Å². The minimum Gasteiger partial charge on any atom is -0.506 e. The van der Waals surface area contributed by atoms with E-state index in [-0.39, 0.29) is 22.8 Å². The number of carbonyl (C=O) groups excluding carboxylic acids is 2. The van der Waals surface area contributed by atoms with Crippen molar-refractivity contribution in [1.82, 2.24) is 5.32 Å². The number of carboxylic acid groups (broad SMARTS) is 1. The van der Waals surface area contributed by atoms with E-state index in [1.807, 2.05) is 36.4 Å². The van der Waals surface area contributed by atoms with Crippen LogP contribution in [0.5, 0.6) is 5.75 Å². The van der Waals surface area contributed by atoms with Crippen LogP contribution in [0.1, 0.15) is 132 Å². The van der Waals surface area contributed by atoms with Gasteiger partial charge in [0.1, 0.15) is 5.75 Å². The average molecular weight is 657 g/mol. The minimum atomic E-state index is -1.06. The Morgan fingerprint density at radius 2 is 1.25 bits per heavy atom. The van der Waals surface area contributed by atoms with Crippen molar-refractivity contribution in [2.24, 2.45) is 0 Å². The number of phenols is 1. The van der Waals surface area contributed by atoms with Gasteiger partial charge in [-0.05, 0) is 48.4 Å². The molecule has 7 heteroatoms. The highest BCUT2D eigenvalue weighted by Gasteiger charge is 2.14. The zero-order valence-corrected chi connectivity index (χ0v) is 28.9. The number of rotatable bonds is 24. The van der Waals surface area contributed by atoms with E-state index in [0.29, 0.717) is 30.5 Å². The van der Waals surface area contributed by atoms with E-state index in [4.69, 9.17) is 0 Å². The number of unbranched alkanes of at least 4 members (excludes halogenated alkanes) is 15. The molecule has 0 atom stereocenters. The van der Waals surface area contributed by atoms with Gasteiger partial charge < -0.3 is 20.8 Å². The number of hydrogen-bond acceptors (Lipinski definition) is 4. The van der Waals surface area contributed by atoms with Gasteiger partial charge in [-0.2, -0.15) is 0 Å². The summed E-state index contributed by atoms with van der Waals surface area (Å²) in [5.41, 5.74) is 1.89. The molecule has 2 amide bonds. The van der Waals surface area contributed by atoms with Crippen LogP contribution in [-0.4, -0.2) is 34.5 Å². The lowest BCUT2D eigenvalue weighted by atomic mass is 10.0. The fraction of sp³-hybridized carbons (Fsp3) is 0.488. The molecule has 0 aliphatic rings. The second-order valence-electron chi connectivity index (χ2n) is 12.9. The van der Waals surface area contributed by atoms with Gasteiger partial charge in [0.15, 0.2) is 0 Å². The summed E-state index contributed by atoms with van der Waals surface area (Å²) in [7, 11) is 0. The second-order valence-corrected chi connectivity index (χ2v) is 12.9. The van der Waals surface area contributed by atoms with Crippen molar-refractivity contribution in [3.8, 4) is 5.75 Å². The Balaban J connectivity index is 1.27. The van der Waals surface area contributed by atoms with Crippen LogP contribution in [0.4, 0.5) is 5.69 Å². The van der Waals surface area contributed by atoms with Crippen molar-refractivity contribution in [1.29, 1.82) is 0 Å². The topological polar surface area (TPSA) is 116 Å². The lowest BCUT2D eigenvalue weighted by Gasteiger charge is -2.10. The summed E-state index contributed by atoms with van der Waals surface area (Å²) >= 11 is 0. The molecule has 0 saturated heterocycles. The molecule has 0 fully saturated rings. The van der Waals surface area contributed by atoms with Gasteiger partial charge in [-0.3, -0.25) is 9.59 Å². The monoisotopic (exact) mass is 656 g/mol. The third-order valence-electron chi connectivity index (χ3n) is 8.95. The van der Waals surface area contributed by atoms with Crippen LogP contribution in [0, 0.1) is 0 Å². The molecule has 0 saturated carbocycles. The number of aliphatic carboxylic acids is 1. The quantitative estimate of drug-likeness (QED) is 0.0566. The van der Waals surface area contributed by atoms with Crippen LogP contribution in [0.2, 0.25) is 0 Å². The standard InChI is InChI=1S/C41H56N2O5/c1-2-3-4-5-6-7-8-9-10-11-12-13-14-15-16-17-21-34(41(47)48)31-38(44)43-35-26-23-32(24-27-35)29-30-42-40(46)37-28-25-33-20-18-19-22-36(33)39(37)45/h18-20,22-28,31,45H,2-17,21,29-30H2,1H3,(H,42,46)(H,43,44)(H,47,48)/b34-31-. The highest BCUT2D eigenvalue weighted by molar-refractivity contribution is 6.04. The van der Waals surface area contributed by atoms with Crippen molar-refractivity contribution >= 4 is 34.2 Å². The largest absolute Gasteiger partial charge is 0.506 e. The normalized spacial score (nSPS) is 11.5. The molecule has 4 N–H and O–H groups in total. The zero-order valence-electron chi connectivity index (χ0n) is 28.9. The van der Waals surface area contributed by atoms with E-state index >= 15 is 0 Å². The first kappa shape index (κ1) is 38.3. The highest BCUT2D eigenvalue weighted by atomic mass is 16.4. The predicted molar refractivity (Wildman–Crippen MR) is 197 cm³/mol. The van der Waals surface area contributed by atoms with Gasteiger partial charge in [-0.25, -0.2) is 4.79 Å². The highest BCUT2D eigenvalue weighted by Crippen LogP contribution is 2.28. The van der Waals surface area contributed by atoms with Gasteiger partial charge in [0, 0.05) is 29.3 Å². The first-order chi connectivity index (χ1) is 23.4.